The molecule has 0 unspecified atom stereocenters. The van der Waals surface area contributed by atoms with Crippen LogP contribution in [0.1, 0.15) is 30.5 Å². The highest BCUT2D eigenvalue weighted by Gasteiger charge is 2.33. The highest BCUT2D eigenvalue weighted by atomic mass is 35.5. The van der Waals surface area contributed by atoms with Gasteiger partial charge in [-0.05, 0) is 48.7 Å². The third-order valence-electron chi connectivity index (χ3n) is 4.78. The zero-order valence-corrected chi connectivity index (χ0v) is 20.3. The lowest BCUT2D eigenvalue weighted by molar-refractivity contribution is -0.137. The minimum atomic E-state index is -4.55. The van der Waals surface area contributed by atoms with Gasteiger partial charge in [0.15, 0.2) is 5.17 Å². The van der Waals surface area contributed by atoms with Crippen molar-refractivity contribution in [2.45, 2.75) is 38.4 Å². The number of aliphatic imine (C=N–C) groups is 1. The van der Waals surface area contributed by atoms with E-state index in [4.69, 9.17) is 11.6 Å². The zero-order valence-electron chi connectivity index (χ0n) is 18.7. The first-order valence-corrected chi connectivity index (χ1v) is 11.8. The van der Waals surface area contributed by atoms with E-state index in [1.165, 1.54) is 23.9 Å². The van der Waals surface area contributed by atoms with Crippen molar-refractivity contribution < 1.29 is 13.2 Å². The number of amidine groups is 1. The highest BCUT2D eigenvalue weighted by Crippen LogP contribution is 2.37. The molecule has 0 atom stereocenters. The Morgan fingerprint density at radius 2 is 1.67 bits per heavy atom. The Labute approximate surface area is 202 Å². The Bertz CT molecular complexity index is 1080. The Kier molecular flexibility index (Phi) is 8.49. The maximum absolute atomic E-state index is 13.4. The highest BCUT2D eigenvalue weighted by molar-refractivity contribution is 8.13. The van der Waals surface area contributed by atoms with Crippen LogP contribution < -0.4 is 0 Å². The summed E-state index contributed by atoms with van der Waals surface area (Å²) >= 11 is 7.26. The summed E-state index contributed by atoms with van der Waals surface area (Å²) in [6.07, 6.45) is -4.55. The van der Waals surface area contributed by atoms with Crippen LogP contribution in [0.15, 0.2) is 82.7 Å². The molecule has 0 aliphatic rings. The van der Waals surface area contributed by atoms with E-state index in [9.17, 15) is 13.2 Å². The molecule has 3 aromatic carbocycles. The Hall–Kier alpha value is -2.44. The summed E-state index contributed by atoms with van der Waals surface area (Å²) in [5.41, 5.74) is 1.56. The molecule has 33 heavy (non-hydrogen) atoms. The first-order chi connectivity index (χ1) is 15.6. The van der Waals surface area contributed by atoms with E-state index in [0.717, 1.165) is 22.1 Å². The molecule has 0 N–H and O–H groups in total. The van der Waals surface area contributed by atoms with Gasteiger partial charge in [-0.3, -0.25) is 0 Å². The van der Waals surface area contributed by atoms with Crippen LogP contribution in [0.2, 0.25) is 5.02 Å². The summed E-state index contributed by atoms with van der Waals surface area (Å²) in [7, 11) is 0. The van der Waals surface area contributed by atoms with Crippen LogP contribution in [0.25, 0.3) is 0 Å². The fraction of sp³-hybridized carbons (Fsp3) is 0.269. The molecule has 0 fully saturated rings. The van der Waals surface area contributed by atoms with Crippen molar-refractivity contribution in [2.75, 3.05) is 6.54 Å². The number of alkyl halides is 3. The molecule has 0 aromatic heterocycles. The number of nitrogens with zero attached hydrogens (tertiary/aromatic N) is 2. The van der Waals surface area contributed by atoms with Crippen LogP contribution in [-0.4, -0.2) is 16.6 Å². The van der Waals surface area contributed by atoms with Crippen LogP contribution in [0.3, 0.4) is 0 Å². The molecule has 0 saturated heterocycles. The minimum Gasteiger partial charge on any atom is -0.346 e. The van der Waals surface area contributed by atoms with Gasteiger partial charge in [-0.15, -0.1) is 0 Å². The summed E-state index contributed by atoms with van der Waals surface area (Å²) in [6, 6.07) is 21.8. The lowest BCUT2D eigenvalue weighted by Crippen LogP contribution is -2.32. The number of hydrogen-bond acceptors (Lipinski definition) is 2. The fourth-order valence-corrected chi connectivity index (χ4v) is 4.36. The molecule has 0 aliphatic heterocycles. The molecule has 0 spiro atoms. The summed E-state index contributed by atoms with van der Waals surface area (Å²) in [6.45, 7) is 7.52. The number of rotatable bonds is 6. The lowest BCUT2D eigenvalue weighted by Gasteiger charge is -2.28. The molecular formula is C26H26ClF3N2S. The van der Waals surface area contributed by atoms with E-state index in [1.54, 1.807) is 0 Å². The van der Waals surface area contributed by atoms with Gasteiger partial charge in [-0.25, -0.2) is 4.99 Å². The standard InChI is InChI=1S/C26H26ClF3N2S/c1-18(2)16-32(17-20-7-5-4-6-8-20)25(33-22-12-9-19(3)10-13-22)31-21-11-14-24(27)23(15-21)26(28,29)30/h4-15,18H,16-17H2,1-3H3. The topological polar surface area (TPSA) is 15.6 Å². The average Bonchev–Trinajstić information content (AvgIpc) is 2.75. The van der Waals surface area contributed by atoms with Gasteiger partial charge in [0.1, 0.15) is 0 Å². The van der Waals surface area contributed by atoms with Gasteiger partial charge in [-0.2, -0.15) is 13.2 Å². The molecule has 0 heterocycles. The van der Waals surface area contributed by atoms with Gasteiger partial charge in [-0.1, -0.05) is 85.2 Å². The largest absolute Gasteiger partial charge is 0.417 e. The first kappa shape index (κ1) is 25.2. The second-order valence-corrected chi connectivity index (χ2v) is 9.68. The Morgan fingerprint density at radius 3 is 2.27 bits per heavy atom. The van der Waals surface area contributed by atoms with Gasteiger partial charge in [0.2, 0.25) is 0 Å². The third kappa shape index (κ3) is 7.54. The van der Waals surface area contributed by atoms with E-state index in [0.29, 0.717) is 24.2 Å². The number of thioether (sulfide) groups is 1. The van der Waals surface area contributed by atoms with Gasteiger partial charge in [0.05, 0.1) is 16.3 Å². The SMILES string of the molecule is Cc1ccc(SC(=Nc2ccc(Cl)c(C(F)(F)F)c2)N(Cc2ccccc2)CC(C)C)cc1. The van der Waals surface area contributed by atoms with E-state index >= 15 is 0 Å². The smallest absolute Gasteiger partial charge is 0.346 e. The van der Waals surface area contributed by atoms with Crippen LogP contribution >= 0.6 is 23.4 Å². The van der Waals surface area contributed by atoms with Crippen molar-refractivity contribution in [1.29, 1.82) is 0 Å². The predicted molar refractivity (Wildman–Crippen MR) is 132 cm³/mol. The summed E-state index contributed by atoms with van der Waals surface area (Å²) in [5, 5.41) is 0.296. The summed E-state index contributed by atoms with van der Waals surface area (Å²) < 4.78 is 40.3. The fourth-order valence-electron chi connectivity index (χ4n) is 3.24. The molecule has 3 rings (SSSR count). The molecule has 0 aliphatic carbocycles. The number of halogens is 4. The lowest BCUT2D eigenvalue weighted by atomic mass is 10.1. The number of aryl methyl sites for hydroxylation is 1. The quantitative estimate of drug-likeness (QED) is 0.195. The van der Waals surface area contributed by atoms with E-state index in [2.05, 4.69) is 23.7 Å². The minimum absolute atomic E-state index is 0.211. The van der Waals surface area contributed by atoms with Gasteiger partial charge in [0, 0.05) is 18.0 Å². The van der Waals surface area contributed by atoms with Crippen molar-refractivity contribution >= 4 is 34.2 Å². The number of benzene rings is 3. The predicted octanol–water partition coefficient (Wildman–Crippen LogP) is 8.61. The van der Waals surface area contributed by atoms with Crippen molar-refractivity contribution in [3.63, 3.8) is 0 Å². The van der Waals surface area contributed by atoms with Crippen LogP contribution in [0.5, 0.6) is 0 Å². The van der Waals surface area contributed by atoms with Crippen molar-refractivity contribution in [1.82, 2.24) is 4.90 Å². The summed E-state index contributed by atoms with van der Waals surface area (Å²) in [4.78, 5) is 7.77. The third-order valence-corrected chi connectivity index (χ3v) is 6.15. The average molecular weight is 491 g/mol. The molecule has 0 saturated carbocycles. The van der Waals surface area contributed by atoms with E-state index in [-0.39, 0.29) is 10.7 Å². The van der Waals surface area contributed by atoms with Gasteiger partial charge < -0.3 is 4.90 Å². The molecule has 7 heteroatoms. The van der Waals surface area contributed by atoms with E-state index < -0.39 is 11.7 Å². The normalized spacial score (nSPS) is 12.3. The van der Waals surface area contributed by atoms with Gasteiger partial charge in [0.25, 0.3) is 0 Å². The van der Waals surface area contributed by atoms with Crippen LogP contribution in [0.4, 0.5) is 18.9 Å². The molecule has 3 aromatic rings. The second kappa shape index (κ2) is 11.1. The van der Waals surface area contributed by atoms with Crippen molar-refractivity contribution in [2.24, 2.45) is 10.9 Å². The molecule has 2 nitrogen and oxygen atoms in total. The van der Waals surface area contributed by atoms with Crippen molar-refractivity contribution in [3.05, 3.63) is 94.5 Å². The maximum atomic E-state index is 13.4. The Balaban J connectivity index is 2.06. The first-order valence-electron chi connectivity index (χ1n) is 10.6. The zero-order chi connectivity index (χ0) is 24.0. The van der Waals surface area contributed by atoms with E-state index in [1.807, 2.05) is 61.5 Å². The molecular weight excluding hydrogens is 465 g/mol. The molecule has 0 radical (unpaired) electrons. The monoisotopic (exact) mass is 490 g/mol. The Morgan fingerprint density at radius 1 is 1.00 bits per heavy atom. The molecule has 0 amide bonds. The van der Waals surface area contributed by atoms with Crippen LogP contribution in [0, 0.1) is 12.8 Å². The molecule has 0 bridgehead atoms. The molecule has 174 valence electrons. The van der Waals surface area contributed by atoms with Gasteiger partial charge >= 0.3 is 6.18 Å². The van der Waals surface area contributed by atoms with Crippen molar-refractivity contribution in [3.8, 4) is 0 Å². The summed E-state index contributed by atoms with van der Waals surface area (Å²) in [5.74, 6) is 0.327. The maximum Gasteiger partial charge on any atom is 0.417 e. The van der Waals surface area contributed by atoms with Crippen LogP contribution in [-0.2, 0) is 12.7 Å². The number of hydrogen-bond donors (Lipinski definition) is 0. The second-order valence-electron chi connectivity index (χ2n) is 8.23.